The molecule has 1 aliphatic carbocycles. The standard InChI is InChI=1S/C26H21ClFNO4/c1-26(2)23(24(26)32-21-12-11-17(27)14-20(21)28)25(30)33-22(15-29)16-7-6-10-19(13-16)31-18-8-4-3-5-9-18/h3-14,22-24H,1-2H3. The monoisotopic (exact) mass is 465 g/mol. The summed E-state index contributed by atoms with van der Waals surface area (Å²) in [6, 6.07) is 22.1. The Morgan fingerprint density at radius 3 is 2.48 bits per heavy atom. The Bertz CT molecular complexity index is 1210. The third-order valence-electron chi connectivity index (χ3n) is 5.62. The molecule has 1 aliphatic rings. The van der Waals surface area contributed by atoms with E-state index in [1.54, 1.807) is 24.3 Å². The van der Waals surface area contributed by atoms with Crippen LogP contribution in [-0.4, -0.2) is 12.1 Å². The summed E-state index contributed by atoms with van der Waals surface area (Å²) in [4.78, 5) is 12.9. The number of carbonyl (C=O) groups excluding carboxylic acids is 1. The summed E-state index contributed by atoms with van der Waals surface area (Å²) in [7, 11) is 0. The Labute approximate surface area is 196 Å². The second-order valence-electron chi connectivity index (χ2n) is 8.35. The van der Waals surface area contributed by atoms with Gasteiger partial charge in [-0.3, -0.25) is 4.79 Å². The van der Waals surface area contributed by atoms with Crippen LogP contribution in [0.4, 0.5) is 4.39 Å². The fraction of sp³-hybridized carbons (Fsp3) is 0.231. The van der Waals surface area contributed by atoms with Crippen molar-refractivity contribution in [3.05, 3.63) is 89.2 Å². The minimum atomic E-state index is -1.12. The van der Waals surface area contributed by atoms with Crippen molar-refractivity contribution in [2.75, 3.05) is 0 Å². The van der Waals surface area contributed by atoms with Crippen molar-refractivity contribution in [2.45, 2.75) is 26.1 Å². The van der Waals surface area contributed by atoms with Crippen molar-refractivity contribution in [2.24, 2.45) is 11.3 Å². The first-order valence-corrected chi connectivity index (χ1v) is 10.7. The first-order chi connectivity index (χ1) is 15.8. The van der Waals surface area contributed by atoms with Crippen molar-refractivity contribution in [1.29, 1.82) is 5.26 Å². The van der Waals surface area contributed by atoms with E-state index in [1.807, 2.05) is 50.2 Å². The van der Waals surface area contributed by atoms with E-state index < -0.39 is 35.3 Å². The summed E-state index contributed by atoms with van der Waals surface area (Å²) in [5, 5.41) is 9.89. The first-order valence-electron chi connectivity index (χ1n) is 10.3. The largest absolute Gasteiger partial charge is 0.486 e. The highest BCUT2D eigenvalue weighted by Gasteiger charge is 2.66. The lowest BCUT2D eigenvalue weighted by Crippen LogP contribution is -2.16. The number of nitriles is 1. The number of hydrogen-bond donors (Lipinski definition) is 0. The first kappa shape index (κ1) is 22.6. The summed E-state index contributed by atoms with van der Waals surface area (Å²) < 4.78 is 31.2. The summed E-state index contributed by atoms with van der Waals surface area (Å²) in [6.45, 7) is 3.65. The van der Waals surface area contributed by atoms with E-state index in [4.69, 9.17) is 25.8 Å². The average molecular weight is 466 g/mol. The molecule has 0 aliphatic heterocycles. The van der Waals surface area contributed by atoms with Gasteiger partial charge in [-0.05, 0) is 42.5 Å². The molecule has 0 N–H and O–H groups in total. The van der Waals surface area contributed by atoms with Crippen molar-refractivity contribution >= 4 is 17.6 Å². The molecule has 5 nitrogen and oxygen atoms in total. The molecule has 7 heteroatoms. The van der Waals surface area contributed by atoms with Gasteiger partial charge in [0.25, 0.3) is 0 Å². The highest BCUT2D eigenvalue weighted by Crippen LogP contribution is 2.55. The van der Waals surface area contributed by atoms with Crippen molar-refractivity contribution in [3.63, 3.8) is 0 Å². The lowest BCUT2D eigenvalue weighted by Gasteiger charge is -2.13. The lowest BCUT2D eigenvalue weighted by molar-refractivity contribution is -0.149. The maximum Gasteiger partial charge on any atom is 0.315 e. The molecule has 0 saturated heterocycles. The molecule has 3 unspecified atom stereocenters. The van der Waals surface area contributed by atoms with E-state index in [-0.39, 0.29) is 10.8 Å². The van der Waals surface area contributed by atoms with Crippen LogP contribution in [0.1, 0.15) is 25.5 Å². The fourth-order valence-corrected chi connectivity index (χ4v) is 3.83. The van der Waals surface area contributed by atoms with Gasteiger partial charge >= 0.3 is 5.97 Å². The molecule has 0 heterocycles. The molecule has 0 bridgehead atoms. The Balaban J connectivity index is 1.45. The molecule has 3 aromatic rings. The molecule has 0 spiro atoms. The fourth-order valence-electron chi connectivity index (χ4n) is 3.67. The number of esters is 1. The minimum absolute atomic E-state index is 0.00960. The quantitative estimate of drug-likeness (QED) is 0.373. The van der Waals surface area contributed by atoms with Crippen LogP contribution < -0.4 is 9.47 Å². The Hall–Kier alpha value is -3.56. The van der Waals surface area contributed by atoms with Gasteiger partial charge in [0.15, 0.2) is 11.6 Å². The topological polar surface area (TPSA) is 68.5 Å². The van der Waals surface area contributed by atoms with E-state index in [0.29, 0.717) is 17.1 Å². The molecular formula is C26H21ClFNO4. The van der Waals surface area contributed by atoms with Gasteiger partial charge in [0.1, 0.15) is 29.6 Å². The van der Waals surface area contributed by atoms with Crippen molar-refractivity contribution in [1.82, 2.24) is 0 Å². The number of carbonyl (C=O) groups is 1. The van der Waals surface area contributed by atoms with Gasteiger partial charge in [0, 0.05) is 16.0 Å². The Morgan fingerprint density at radius 1 is 1.06 bits per heavy atom. The maximum atomic E-state index is 14.1. The van der Waals surface area contributed by atoms with Gasteiger partial charge in [0.2, 0.25) is 6.10 Å². The Morgan fingerprint density at radius 2 is 1.79 bits per heavy atom. The van der Waals surface area contributed by atoms with Crippen LogP contribution in [0.25, 0.3) is 0 Å². The molecule has 0 radical (unpaired) electrons. The van der Waals surface area contributed by atoms with Crippen molar-refractivity contribution < 1.29 is 23.4 Å². The molecule has 1 fully saturated rings. The number of hydrogen-bond acceptors (Lipinski definition) is 5. The van der Waals surface area contributed by atoms with Crippen LogP contribution in [0, 0.1) is 28.5 Å². The van der Waals surface area contributed by atoms with Gasteiger partial charge in [-0.2, -0.15) is 5.26 Å². The zero-order valence-corrected chi connectivity index (χ0v) is 18.8. The number of nitrogens with zero attached hydrogens (tertiary/aromatic N) is 1. The molecule has 168 valence electrons. The van der Waals surface area contributed by atoms with Gasteiger partial charge in [-0.15, -0.1) is 0 Å². The maximum absolute atomic E-state index is 14.1. The van der Waals surface area contributed by atoms with Crippen molar-refractivity contribution in [3.8, 4) is 23.3 Å². The van der Waals surface area contributed by atoms with Gasteiger partial charge in [-0.1, -0.05) is 55.8 Å². The number of halogens is 2. The van der Waals surface area contributed by atoms with E-state index >= 15 is 0 Å². The number of ether oxygens (including phenoxy) is 3. The van der Waals surface area contributed by atoms with Crippen LogP contribution in [-0.2, 0) is 9.53 Å². The minimum Gasteiger partial charge on any atom is -0.486 e. The zero-order chi connectivity index (χ0) is 23.6. The van der Waals surface area contributed by atoms with Crippen LogP contribution in [0.15, 0.2) is 72.8 Å². The number of rotatable bonds is 7. The SMILES string of the molecule is CC1(C)C(Oc2ccc(Cl)cc2F)C1C(=O)OC(C#N)c1cccc(Oc2ccccc2)c1. The summed E-state index contributed by atoms with van der Waals surface area (Å²) in [5.41, 5.74) is -0.0968. The van der Waals surface area contributed by atoms with Crippen LogP contribution in [0.5, 0.6) is 17.2 Å². The van der Waals surface area contributed by atoms with E-state index in [0.717, 1.165) is 6.07 Å². The molecule has 0 amide bonds. The summed E-state index contributed by atoms with van der Waals surface area (Å²) in [6.07, 6.45) is -1.71. The van der Waals surface area contributed by atoms with Crippen LogP contribution in [0.2, 0.25) is 5.02 Å². The zero-order valence-electron chi connectivity index (χ0n) is 18.0. The third kappa shape index (κ3) is 4.94. The van der Waals surface area contributed by atoms with E-state index in [9.17, 15) is 14.4 Å². The molecule has 3 atom stereocenters. The predicted molar refractivity (Wildman–Crippen MR) is 121 cm³/mol. The molecule has 0 aromatic heterocycles. The molecular weight excluding hydrogens is 445 g/mol. The van der Waals surface area contributed by atoms with Crippen LogP contribution >= 0.6 is 11.6 Å². The average Bonchev–Trinajstić information content (AvgIpc) is 3.34. The van der Waals surface area contributed by atoms with Gasteiger partial charge in [0.05, 0.1) is 0 Å². The number of benzene rings is 3. The second kappa shape index (κ2) is 9.13. The normalized spacial score (nSPS) is 19.1. The Kier molecular flexibility index (Phi) is 6.26. The van der Waals surface area contributed by atoms with Gasteiger partial charge in [-0.25, -0.2) is 4.39 Å². The molecule has 3 aromatic carbocycles. The molecule has 1 saturated carbocycles. The molecule has 4 rings (SSSR count). The van der Waals surface area contributed by atoms with E-state index in [2.05, 4.69) is 0 Å². The molecule has 33 heavy (non-hydrogen) atoms. The second-order valence-corrected chi connectivity index (χ2v) is 8.78. The van der Waals surface area contributed by atoms with E-state index in [1.165, 1.54) is 12.1 Å². The van der Waals surface area contributed by atoms with Gasteiger partial charge < -0.3 is 14.2 Å². The third-order valence-corrected chi connectivity index (χ3v) is 5.86. The van der Waals surface area contributed by atoms with Crippen LogP contribution in [0.3, 0.4) is 0 Å². The highest BCUT2D eigenvalue weighted by molar-refractivity contribution is 6.30. The summed E-state index contributed by atoms with van der Waals surface area (Å²) >= 11 is 5.78. The lowest BCUT2D eigenvalue weighted by atomic mass is 10.1. The number of para-hydroxylation sites is 1. The smallest absolute Gasteiger partial charge is 0.315 e. The highest BCUT2D eigenvalue weighted by atomic mass is 35.5. The predicted octanol–water partition coefficient (Wildman–Crippen LogP) is 6.48. The summed E-state index contributed by atoms with van der Waals surface area (Å²) in [5.74, 6) is -0.666.